The highest BCUT2D eigenvalue weighted by molar-refractivity contribution is 8.03. The lowest BCUT2D eigenvalue weighted by Gasteiger charge is -2.18. The summed E-state index contributed by atoms with van der Waals surface area (Å²) in [6.45, 7) is 8.54. The van der Waals surface area contributed by atoms with Crippen molar-refractivity contribution in [2.24, 2.45) is 0 Å². The van der Waals surface area contributed by atoms with Crippen LogP contribution in [0.4, 0.5) is 13.2 Å². The lowest BCUT2D eigenvalue weighted by atomic mass is 10.1. The molecule has 1 aliphatic heterocycles. The van der Waals surface area contributed by atoms with E-state index in [0.717, 1.165) is 11.1 Å². The summed E-state index contributed by atoms with van der Waals surface area (Å²) < 4.78 is 68.1. The van der Waals surface area contributed by atoms with E-state index in [9.17, 15) is 18.0 Å². The number of ether oxygens (including phenoxy) is 2. The summed E-state index contributed by atoms with van der Waals surface area (Å²) in [5.41, 5.74) is -3.55. The standard InChI is InChI=1S/C19H23NO3S.CHF3O3S/c1-15(2)14-22-12-9-18(21)23-17-6-4-16(5-7-17)8-10-19(3)20-11-13-24-19;2-1(3,4)8(5,6)7/h4-8,10-11,13,20H,1,9,12,14H2,2-3H3;(H,5,6,7)/b10-8+;. The molecule has 1 aromatic rings. The van der Waals surface area contributed by atoms with Crippen LogP contribution in [-0.4, -0.2) is 42.5 Å². The first-order valence-electron chi connectivity index (χ1n) is 9.08. The molecule has 0 bridgehead atoms. The molecule has 0 spiro atoms. The zero-order valence-corrected chi connectivity index (χ0v) is 19.0. The van der Waals surface area contributed by atoms with Crippen LogP contribution in [0.5, 0.6) is 5.75 Å². The third kappa shape index (κ3) is 10.8. The van der Waals surface area contributed by atoms with E-state index in [4.69, 9.17) is 22.4 Å². The Morgan fingerprint density at radius 2 is 1.91 bits per heavy atom. The van der Waals surface area contributed by atoms with Crippen LogP contribution in [-0.2, 0) is 19.6 Å². The number of hydrogen-bond acceptors (Lipinski definition) is 7. The van der Waals surface area contributed by atoms with Gasteiger partial charge in [0, 0.05) is 6.20 Å². The van der Waals surface area contributed by atoms with Crippen LogP contribution in [0, 0.1) is 0 Å². The third-order valence-corrected chi connectivity index (χ3v) is 5.15. The molecule has 1 heterocycles. The monoisotopic (exact) mass is 495 g/mol. The minimum atomic E-state index is -5.84. The maximum atomic E-state index is 11.7. The molecular formula is C20H24F3NO6S2. The Labute approximate surface area is 189 Å². The zero-order valence-electron chi connectivity index (χ0n) is 17.4. The van der Waals surface area contributed by atoms with Crippen molar-refractivity contribution in [1.29, 1.82) is 0 Å². The van der Waals surface area contributed by atoms with Gasteiger partial charge < -0.3 is 14.8 Å². The van der Waals surface area contributed by atoms with Crippen LogP contribution < -0.4 is 10.1 Å². The van der Waals surface area contributed by atoms with Gasteiger partial charge in [-0.2, -0.15) is 21.6 Å². The average molecular weight is 496 g/mol. The molecule has 178 valence electrons. The molecule has 0 saturated heterocycles. The molecule has 0 aliphatic carbocycles. The van der Waals surface area contributed by atoms with E-state index in [-0.39, 0.29) is 17.3 Å². The first-order chi connectivity index (χ1) is 14.7. The quantitative estimate of drug-likeness (QED) is 0.136. The highest BCUT2D eigenvalue weighted by Gasteiger charge is 2.44. The summed E-state index contributed by atoms with van der Waals surface area (Å²) in [6.07, 6.45) is 6.32. The summed E-state index contributed by atoms with van der Waals surface area (Å²) >= 11 is 1.72. The lowest BCUT2D eigenvalue weighted by Crippen LogP contribution is -2.28. The van der Waals surface area contributed by atoms with Crippen molar-refractivity contribution in [2.45, 2.75) is 30.6 Å². The fraction of sp³-hybridized carbons (Fsp3) is 0.350. The van der Waals surface area contributed by atoms with Gasteiger partial charge in [-0.1, -0.05) is 30.4 Å². The first kappa shape index (κ1) is 27.8. The summed E-state index contributed by atoms with van der Waals surface area (Å²) in [5, 5.41) is 5.32. The number of alkyl halides is 3. The Kier molecular flexibility index (Phi) is 10.5. The fourth-order valence-corrected chi connectivity index (χ4v) is 2.68. The van der Waals surface area contributed by atoms with E-state index in [0.29, 0.717) is 19.0 Å². The Balaban J connectivity index is 0.000000547. The summed E-state index contributed by atoms with van der Waals surface area (Å²) in [4.78, 5) is 11.6. The lowest BCUT2D eigenvalue weighted by molar-refractivity contribution is -0.135. The summed E-state index contributed by atoms with van der Waals surface area (Å²) in [5.74, 6) is 0.239. The summed E-state index contributed by atoms with van der Waals surface area (Å²) in [6, 6.07) is 7.43. The number of hydrogen-bond donors (Lipinski definition) is 2. The number of benzene rings is 1. The summed E-state index contributed by atoms with van der Waals surface area (Å²) in [7, 11) is -5.84. The van der Waals surface area contributed by atoms with Gasteiger partial charge in [-0.3, -0.25) is 9.35 Å². The Bertz CT molecular complexity index is 933. The van der Waals surface area contributed by atoms with Crippen molar-refractivity contribution >= 4 is 33.9 Å². The first-order valence-corrected chi connectivity index (χ1v) is 11.4. The largest absolute Gasteiger partial charge is 0.522 e. The van der Waals surface area contributed by atoms with Crippen LogP contribution in [0.25, 0.3) is 6.08 Å². The maximum Gasteiger partial charge on any atom is 0.522 e. The van der Waals surface area contributed by atoms with Crippen LogP contribution in [0.2, 0.25) is 0 Å². The minimum Gasteiger partial charge on any atom is -0.426 e. The molecule has 2 N–H and O–H groups in total. The topological polar surface area (TPSA) is 102 Å². The van der Waals surface area contributed by atoms with Gasteiger partial charge in [0.05, 0.1) is 19.6 Å². The van der Waals surface area contributed by atoms with Gasteiger partial charge in [0.2, 0.25) is 0 Å². The van der Waals surface area contributed by atoms with Gasteiger partial charge in [-0.25, -0.2) is 0 Å². The van der Waals surface area contributed by atoms with Gasteiger partial charge in [0.25, 0.3) is 0 Å². The molecule has 0 fully saturated rings. The van der Waals surface area contributed by atoms with E-state index in [1.165, 1.54) is 0 Å². The number of carbonyl (C=O) groups excluding carboxylic acids is 1. The van der Waals surface area contributed by atoms with Gasteiger partial charge in [0.15, 0.2) is 0 Å². The molecule has 12 heteroatoms. The highest BCUT2D eigenvalue weighted by atomic mass is 32.2. The molecule has 1 unspecified atom stereocenters. The van der Waals surface area contributed by atoms with Crippen molar-refractivity contribution in [3.63, 3.8) is 0 Å². The number of halogens is 3. The molecule has 0 aromatic heterocycles. The number of esters is 1. The van der Waals surface area contributed by atoms with Crippen molar-refractivity contribution in [3.05, 3.63) is 59.7 Å². The van der Waals surface area contributed by atoms with Gasteiger partial charge in [-0.05, 0) is 43.0 Å². The molecule has 0 amide bonds. The smallest absolute Gasteiger partial charge is 0.426 e. The minimum absolute atomic E-state index is 0.102. The predicted molar refractivity (Wildman–Crippen MR) is 117 cm³/mol. The van der Waals surface area contributed by atoms with E-state index >= 15 is 0 Å². The molecule has 1 aliphatic rings. The predicted octanol–water partition coefficient (Wildman–Crippen LogP) is 4.51. The normalized spacial score (nSPS) is 18.1. The molecular weight excluding hydrogens is 471 g/mol. The Morgan fingerprint density at radius 1 is 1.31 bits per heavy atom. The molecule has 7 nitrogen and oxygen atoms in total. The Morgan fingerprint density at radius 3 is 2.38 bits per heavy atom. The SMILES string of the molecule is C=C(C)COCCC(=O)Oc1ccc(/C=C/C2(C)NC=CS2)cc1.O=S(=O)(O)C(F)(F)F. The third-order valence-electron chi connectivity index (χ3n) is 3.55. The van der Waals surface area contributed by atoms with E-state index < -0.39 is 15.6 Å². The van der Waals surface area contributed by atoms with E-state index in [1.54, 1.807) is 23.9 Å². The molecule has 0 saturated carbocycles. The molecule has 1 aromatic carbocycles. The number of thioether (sulfide) groups is 1. The number of nitrogens with one attached hydrogen (secondary N) is 1. The van der Waals surface area contributed by atoms with Gasteiger partial charge >= 0.3 is 21.6 Å². The van der Waals surface area contributed by atoms with Crippen LogP contribution in [0.3, 0.4) is 0 Å². The second-order valence-electron chi connectivity index (χ2n) is 6.73. The number of carbonyl (C=O) groups is 1. The van der Waals surface area contributed by atoms with Crippen molar-refractivity contribution in [1.82, 2.24) is 5.32 Å². The number of rotatable bonds is 8. The average Bonchev–Trinajstić information content (AvgIpc) is 3.10. The second kappa shape index (κ2) is 12.1. The second-order valence-corrected chi connectivity index (χ2v) is 9.50. The van der Waals surface area contributed by atoms with Gasteiger partial charge in [0.1, 0.15) is 10.6 Å². The van der Waals surface area contributed by atoms with Crippen molar-refractivity contribution in [3.8, 4) is 5.75 Å². The Hall–Kier alpha value is -2.28. The van der Waals surface area contributed by atoms with E-state index in [1.807, 2.05) is 36.7 Å². The van der Waals surface area contributed by atoms with Crippen LogP contribution in [0.1, 0.15) is 25.8 Å². The fourth-order valence-electron chi connectivity index (χ4n) is 1.98. The molecule has 2 rings (SSSR count). The molecule has 0 radical (unpaired) electrons. The maximum absolute atomic E-state index is 11.7. The van der Waals surface area contributed by atoms with Gasteiger partial charge in [-0.15, -0.1) is 11.8 Å². The van der Waals surface area contributed by atoms with Crippen molar-refractivity contribution in [2.75, 3.05) is 13.2 Å². The van der Waals surface area contributed by atoms with Crippen LogP contribution >= 0.6 is 11.8 Å². The zero-order chi connectivity index (χ0) is 24.4. The highest BCUT2D eigenvalue weighted by Crippen LogP contribution is 2.30. The molecule has 1 atom stereocenters. The van der Waals surface area contributed by atoms with E-state index in [2.05, 4.69) is 24.9 Å². The van der Waals surface area contributed by atoms with Crippen molar-refractivity contribution < 1.29 is 40.4 Å². The molecule has 32 heavy (non-hydrogen) atoms. The van der Waals surface area contributed by atoms with Crippen LogP contribution in [0.15, 0.2) is 54.1 Å².